The zero-order chi connectivity index (χ0) is 14.7. The topological polar surface area (TPSA) is 52.6 Å². The number of aliphatic hydroxyl groups excluding tert-OH is 1. The summed E-state index contributed by atoms with van der Waals surface area (Å²) in [7, 11) is 1.95. The predicted octanol–water partition coefficient (Wildman–Crippen LogP) is 1.94. The average Bonchev–Trinajstić information content (AvgIpc) is 2.30. The number of hydrogen-bond donors (Lipinski definition) is 2. The van der Waals surface area contributed by atoms with E-state index in [1.165, 1.54) is 5.56 Å². The molecule has 1 amide bonds. The maximum Gasteiger partial charge on any atom is 0.238 e. The van der Waals surface area contributed by atoms with Crippen LogP contribution in [-0.2, 0) is 4.79 Å². The third kappa shape index (κ3) is 4.05. The minimum absolute atomic E-state index is 0.0133. The number of benzene rings is 1. The smallest absolute Gasteiger partial charge is 0.238 e. The first-order valence-corrected chi connectivity index (χ1v) is 7.17. The van der Waals surface area contributed by atoms with Gasteiger partial charge >= 0.3 is 0 Å². The van der Waals surface area contributed by atoms with Crippen molar-refractivity contribution < 1.29 is 9.90 Å². The molecule has 0 unspecified atom stereocenters. The third-order valence-electron chi connectivity index (χ3n) is 3.85. The van der Waals surface area contributed by atoms with E-state index in [0.717, 1.165) is 30.6 Å². The van der Waals surface area contributed by atoms with Crippen LogP contribution >= 0.6 is 0 Å². The number of likely N-dealkylation sites (N-methyl/N-ethyl adjacent to an activating group) is 1. The van der Waals surface area contributed by atoms with Crippen molar-refractivity contribution in [3.05, 3.63) is 29.3 Å². The van der Waals surface area contributed by atoms with Crippen LogP contribution in [0, 0.1) is 19.8 Å². The van der Waals surface area contributed by atoms with Crippen LogP contribution < -0.4 is 5.32 Å². The number of hydrogen-bond acceptors (Lipinski definition) is 3. The van der Waals surface area contributed by atoms with Crippen LogP contribution in [0.4, 0.5) is 5.69 Å². The van der Waals surface area contributed by atoms with E-state index < -0.39 is 0 Å². The van der Waals surface area contributed by atoms with Gasteiger partial charge in [0.05, 0.1) is 12.6 Å². The lowest BCUT2D eigenvalue weighted by Crippen LogP contribution is -2.40. The van der Waals surface area contributed by atoms with Crippen molar-refractivity contribution in [3.63, 3.8) is 0 Å². The molecule has 0 atom stereocenters. The Labute approximate surface area is 120 Å². The Morgan fingerprint density at radius 2 is 2.10 bits per heavy atom. The monoisotopic (exact) mass is 276 g/mol. The predicted molar refractivity (Wildman–Crippen MR) is 80.8 cm³/mol. The molecule has 1 aromatic carbocycles. The SMILES string of the molecule is Cc1ccc(NC(=O)CN(C)CC2CC(O)C2)c(C)c1. The number of aryl methyl sites for hydroxylation is 2. The molecule has 4 heteroatoms. The number of anilines is 1. The lowest BCUT2D eigenvalue weighted by atomic mass is 9.82. The summed E-state index contributed by atoms with van der Waals surface area (Å²) in [6.45, 7) is 5.30. The van der Waals surface area contributed by atoms with Gasteiger partial charge in [0.25, 0.3) is 0 Å². The number of carbonyl (C=O) groups is 1. The van der Waals surface area contributed by atoms with Gasteiger partial charge in [-0.3, -0.25) is 9.69 Å². The molecule has 0 spiro atoms. The van der Waals surface area contributed by atoms with Gasteiger partial charge in [-0.25, -0.2) is 0 Å². The van der Waals surface area contributed by atoms with Gasteiger partial charge in [-0.05, 0) is 51.3 Å². The molecule has 110 valence electrons. The van der Waals surface area contributed by atoms with Crippen LogP contribution in [0.25, 0.3) is 0 Å². The second-order valence-corrected chi connectivity index (χ2v) is 6.05. The van der Waals surface area contributed by atoms with Crippen LogP contribution in [0.15, 0.2) is 18.2 Å². The van der Waals surface area contributed by atoms with Gasteiger partial charge in [0, 0.05) is 12.2 Å². The molecule has 0 saturated heterocycles. The fraction of sp³-hybridized carbons (Fsp3) is 0.562. The summed E-state index contributed by atoms with van der Waals surface area (Å²) in [6, 6.07) is 6.02. The van der Waals surface area contributed by atoms with Crippen molar-refractivity contribution in [3.8, 4) is 0 Å². The Morgan fingerprint density at radius 3 is 2.70 bits per heavy atom. The van der Waals surface area contributed by atoms with Crippen LogP contribution in [0.1, 0.15) is 24.0 Å². The van der Waals surface area contributed by atoms with Crippen molar-refractivity contribution >= 4 is 11.6 Å². The normalized spacial score (nSPS) is 21.6. The summed E-state index contributed by atoms with van der Waals surface area (Å²) < 4.78 is 0. The third-order valence-corrected chi connectivity index (χ3v) is 3.85. The first-order chi connectivity index (χ1) is 9.44. The number of amides is 1. The lowest BCUT2D eigenvalue weighted by Gasteiger charge is -2.34. The summed E-state index contributed by atoms with van der Waals surface area (Å²) >= 11 is 0. The zero-order valence-corrected chi connectivity index (χ0v) is 12.5. The zero-order valence-electron chi connectivity index (χ0n) is 12.5. The Hall–Kier alpha value is -1.39. The Kier molecular flexibility index (Phi) is 4.78. The Morgan fingerprint density at radius 1 is 1.40 bits per heavy atom. The molecular formula is C16H24N2O2. The van der Waals surface area contributed by atoms with Gasteiger partial charge in [-0.2, -0.15) is 0 Å². The van der Waals surface area contributed by atoms with Gasteiger partial charge in [0.15, 0.2) is 0 Å². The summed E-state index contributed by atoms with van der Waals surface area (Å²) in [6.07, 6.45) is 1.60. The molecule has 2 rings (SSSR count). The number of carbonyl (C=O) groups excluding carboxylic acids is 1. The molecule has 0 aromatic heterocycles. The van der Waals surface area contributed by atoms with Crippen LogP contribution in [-0.4, -0.2) is 42.2 Å². The fourth-order valence-corrected chi connectivity index (χ4v) is 2.74. The van der Waals surface area contributed by atoms with Crippen LogP contribution in [0.2, 0.25) is 0 Å². The average molecular weight is 276 g/mol. The van der Waals surface area contributed by atoms with E-state index in [9.17, 15) is 9.90 Å². The molecule has 0 heterocycles. The fourth-order valence-electron chi connectivity index (χ4n) is 2.74. The van der Waals surface area contributed by atoms with E-state index in [1.807, 2.05) is 37.9 Å². The Bertz CT molecular complexity index is 481. The number of rotatable bonds is 5. The van der Waals surface area contributed by atoms with Gasteiger partial charge in [-0.1, -0.05) is 17.7 Å². The number of aliphatic hydroxyl groups is 1. The van der Waals surface area contributed by atoms with Crippen molar-refractivity contribution in [2.75, 3.05) is 25.5 Å². The van der Waals surface area contributed by atoms with Gasteiger partial charge in [0.1, 0.15) is 0 Å². The molecular weight excluding hydrogens is 252 g/mol. The molecule has 1 aromatic rings. The largest absolute Gasteiger partial charge is 0.393 e. The minimum atomic E-state index is -0.127. The summed E-state index contributed by atoms with van der Waals surface area (Å²) in [4.78, 5) is 14.0. The van der Waals surface area contributed by atoms with Crippen LogP contribution in [0.5, 0.6) is 0 Å². The molecule has 0 radical (unpaired) electrons. The quantitative estimate of drug-likeness (QED) is 0.864. The molecule has 1 saturated carbocycles. The summed E-state index contributed by atoms with van der Waals surface area (Å²) in [5.41, 5.74) is 3.16. The van der Waals surface area contributed by atoms with Crippen molar-refractivity contribution in [2.45, 2.75) is 32.8 Å². The standard InChI is InChI=1S/C16H24N2O2/c1-11-4-5-15(12(2)6-11)17-16(20)10-18(3)9-13-7-14(19)8-13/h4-6,13-14,19H,7-10H2,1-3H3,(H,17,20). The van der Waals surface area contributed by atoms with Crippen molar-refractivity contribution in [1.29, 1.82) is 0 Å². The van der Waals surface area contributed by atoms with E-state index in [4.69, 9.17) is 0 Å². The van der Waals surface area contributed by atoms with Gasteiger partial charge in [0.2, 0.25) is 5.91 Å². The van der Waals surface area contributed by atoms with E-state index in [0.29, 0.717) is 12.5 Å². The Balaban J connectivity index is 1.79. The molecule has 4 nitrogen and oxygen atoms in total. The highest BCUT2D eigenvalue weighted by molar-refractivity contribution is 5.92. The molecule has 1 fully saturated rings. The van der Waals surface area contributed by atoms with Gasteiger partial charge < -0.3 is 10.4 Å². The van der Waals surface area contributed by atoms with E-state index in [2.05, 4.69) is 11.4 Å². The van der Waals surface area contributed by atoms with Crippen molar-refractivity contribution in [1.82, 2.24) is 4.90 Å². The van der Waals surface area contributed by atoms with E-state index in [1.54, 1.807) is 0 Å². The molecule has 1 aliphatic carbocycles. The molecule has 2 N–H and O–H groups in total. The first kappa shape index (κ1) is 15.0. The lowest BCUT2D eigenvalue weighted by molar-refractivity contribution is -0.117. The summed E-state index contributed by atoms with van der Waals surface area (Å²) in [5, 5.41) is 12.2. The first-order valence-electron chi connectivity index (χ1n) is 7.17. The maximum absolute atomic E-state index is 12.0. The second-order valence-electron chi connectivity index (χ2n) is 6.05. The number of nitrogens with one attached hydrogen (secondary N) is 1. The minimum Gasteiger partial charge on any atom is -0.393 e. The number of nitrogens with zero attached hydrogens (tertiary/aromatic N) is 1. The maximum atomic E-state index is 12.0. The molecule has 1 aliphatic rings. The van der Waals surface area contributed by atoms with Crippen LogP contribution in [0.3, 0.4) is 0 Å². The second kappa shape index (κ2) is 6.37. The molecule has 20 heavy (non-hydrogen) atoms. The van der Waals surface area contributed by atoms with Gasteiger partial charge in [-0.15, -0.1) is 0 Å². The van der Waals surface area contributed by atoms with Crippen molar-refractivity contribution in [2.24, 2.45) is 5.92 Å². The molecule has 0 aliphatic heterocycles. The summed E-state index contributed by atoms with van der Waals surface area (Å²) in [5.74, 6) is 0.545. The highest BCUT2D eigenvalue weighted by Crippen LogP contribution is 2.27. The van der Waals surface area contributed by atoms with E-state index >= 15 is 0 Å². The highest BCUT2D eigenvalue weighted by atomic mass is 16.3. The highest BCUT2D eigenvalue weighted by Gasteiger charge is 2.28. The molecule has 0 bridgehead atoms. The van der Waals surface area contributed by atoms with E-state index in [-0.39, 0.29) is 12.0 Å².